The van der Waals surface area contributed by atoms with Gasteiger partial charge in [-0.1, -0.05) is 340 Å². The van der Waals surface area contributed by atoms with Crippen molar-refractivity contribution in [2.45, 2.75) is 493 Å². The summed E-state index contributed by atoms with van der Waals surface area (Å²) in [5, 5.41) is 0. The van der Waals surface area contributed by atoms with Crippen LogP contribution in [-0.4, -0.2) is 174 Å². The van der Waals surface area contributed by atoms with Crippen LogP contribution in [0.4, 0.5) is 9.59 Å². The summed E-state index contributed by atoms with van der Waals surface area (Å²) in [5.41, 5.74) is -0.541. The van der Waals surface area contributed by atoms with Crippen molar-refractivity contribution in [3.05, 3.63) is 0 Å². The summed E-state index contributed by atoms with van der Waals surface area (Å²) in [7, 11) is 0. The van der Waals surface area contributed by atoms with E-state index in [9.17, 15) is 19.2 Å². The van der Waals surface area contributed by atoms with E-state index in [1.807, 2.05) is 0 Å². The maximum absolute atomic E-state index is 13.5. The lowest BCUT2D eigenvalue weighted by molar-refractivity contribution is -0.149. The van der Waals surface area contributed by atoms with Crippen LogP contribution in [0.2, 0.25) is 0 Å². The highest BCUT2D eigenvalue weighted by molar-refractivity contribution is 5.72. The SMILES string of the molecule is CCCCCCCCCN(CC)CCN(CCCOC(=O)OC(CCCCC)CCCCCC)CCCOC(=O)C(CCCCCC)CCCCCC.CCCCCCCOC(=O)CCCCC(CCCCCC)(CCCCCC)OC(=O)OCCCN(CCCOCC(CCCCCCC)CCCCCCC)CCN(CC)CC. The smallest absolute Gasteiger partial charge is 0.466 e. The van der Waals surface area contributed by atoms with Crippen LogP contribution >= 0.6 is 0 Å². The van der Waals surface area contributed by atoms with Gasteiger partial charge in [0.05, 0.1) is 32.3 Å². The zero-order valence-electron chi connectivity index (χ0n) is 79.4. The Kier molecular flexibility index (Phi) is 90.0. The fourth-order valence-electron chi connectivity index (χ4n) is 16.0. The number of rotatable bonds is 90. The predicted molar refractivity (Wildman–Crippen MR) is 492 cm³/mol. The highest BCUT2D eigenvalue weighted by atomic mass is 16.7. The number of hydrogen-bond acceptors (Lipinski definition) is 15. The summed E-state index contributed by atoms with van der Waals surface area (Å²) in [5.74, 6) is 0.654. The Hall–Kier alpha value is -2.72. The molecule has 0 fully saturated rings. The zero-order chi connectivity index (χ0) is 84.7. The van der Waals surface area contributed by atoms with Crippen LogP contribution in [0.5, 0.6) is 0 Å². The molecular formula is C100H200N4O11. The van der Waals surface area contributed by atoms with Crippen molar-refractivity contribution in [1.82, 2.24) is 19.6 Å². The molecule has 0 aliphatic rings. The second kappa shape index (κ2) is 90.5. The molecule has 0 aliphatic carbocycles. The van der Waals surface area contributed by atoms with Crippen LogP contribution in [0.3, 0.4) is 0 Å². The van der Waals surface area contributed by atoms with Gasteiger partial charge < -0.3 is 52.8 Å². The molecule has 0 N–H and O–H groups in total. The standard InChI is InChI=1S/C54H108N2O6.C46H92N2O5/c1-8-15-20-25-28-37-51(38-29-26-21-16-9-2)50-59-47-35-43-56(46-45-55(13-6)14-7)44-36-49-61-53(58)62-54(40-31-23-18-11-4,41-32-24-19-12-5)42-33-30-39-52(57)60-48-34-27-22-17-10-3;1-7-13-18-22-23-24-29-36-47(12-6)39-40-48(37-30-41-51-45(49)43(32-26-19-14-8-2)33-27-20-15-9-3)38-31-42-52-46(50)53-44(34-25-17-11-5)35-28-21-16-10-4/h51H,8-50H2,1-7H3;43-44H,7-42H2,1-6H3. The van der Waals surface area contributed by atoms with Crippen molar-refractivity contribution in [2.75, 3.05) is 118 Å². The Labute approximate surface area is 715 Å². The third-order valence-electron chi connectivity index (χ3n) is 23.9. The molecule has 0 aromatic carbocycles. The van der Waals surface area contributed by atoms with Crippen LogP contribution in [0.1, 0.15) is 482 Å². The average molecular weight is 1630 g/mol. The molecule has 15 heteroatoms. The van der Waals surface area contributed by atoms with Gasteiger partial charge in [0, 0.05) is 72.0 Å². The molecule has 0 bridgehead atoms. The minimum absolute atomic E-state index is 0.0154. The molecule has 0 radical (unpaired) electrons. The number of carbonyl (C=O) groups excluding carboxylic acids is 4. The van der Waals surface area contributed by atoms with Crippen molar-refractivity contribution in [3.63, 3.8) is 0 Å². The van der Waals surface area contributed by atoms with Crippen LogP contribution in [-0.2, 0) is 42.7 Å². The predicted octanol–water partition coefficient (Wildman–Crippen LogP) is 29.0. The van der Waals surface area contributed by atoms with Gasteiger partial charge in [0.1, 0.15) is 11.7 Å². The van der Waals surface area contributed by atoms with Crippen LogP contribution < -0.4 is 0 Å². The quantitative estimate of drug-likeness (QED) is 0.0323. The van der Waals surface area contributed by atoms with Crippen LogP contribution in [0, 0.1) is 11.8 Å². The molecular weight excluding hydrogens is 1430 g/mol. The summed E-state index contributed by atoms with van der Waals surface area (Å²) in [4.78, 5) is 61.9. The first-order valence-electron chi connectivity index (χ1n) is 50.8. The molecule has 0 saturated carbocycles. The van der Waals surface area contributed by atoms with Crippen molar-refractivity contribution >= 4 is 24.2 Å². The van der Waals surface area contributed by atoms with E-state index < -0.39 is 17.9 Å². The Morgan fingerprint density at radius 3 is 1.05 bits per heavy atom. The average Bonchev–Trinajstić information content (AvgIpc) is 0.854. The first-order chi connectivity index (χ1) is 56.3. The second-order valence-electron chi connectivity index (χ2n) is 34.6. The van der Waals surface area contributed by atoms with Gasteiger partial charge in [-0.3, -0.25) is 9.59 Å². The van der Waals surface area contributed by atoms with E-state index in [4.69, 9.17) is 33.2 Å². The normalized spacial score (nSPS) is 12.1. The van der Waals surface area contributed by atoms with Gasteiger partial charge in [0.2, 0.25) is 0 Å². The largest absolute Gasteiger partial charge is 0.508 e. The Morgan fingerprint density at radius 1 is 0.270 bits per heavy atom. The highest BCUT2D eigenvalue weighted by Gasteiger charge is 2.34. The summed E-state index contributed by atoms with van der Waals surface area (Å²) in [6, 6.07) is 0. The maximum Gasteiger partial charge on any atom is 0.508 e. The topological polar surface area (TPSA) is 146 Å². The second-order valence-corrected chi connectivity index (χ2v) is 34.6. The Bertz CT molecular complexity index is 1960. The van der Waals surface area contributed by atoms with Crippen molar-refractivity contribution in [3.8, 4) is 0 Å². The summed E-state index contributed by atoms with van der Waals surface area (Å²) in [6.45, 7) is 44.7. The number of hydrogen-bond donors (Lipinski definition) is 0. The first-order valence-corrected chi connectivity index (χ1v) is 50.8. The van der Waals surface area contributed by atoms with E-state index in [0.717, 1.165) is 239 Å². The van der Waals surface area contributed by atoms with Gasteiger partial charge in [-0.15, -0.1) is 0 Å². The van der Waals surface area contributed by atoms with Crippen molar-refractivity contribution in [2.24, 2.45) is 11.8 Å². The summed E-state index contributed by atoms with van der Waals surface area (Å²) >= 11 is 0. The van der Waals surface area contributed by atoms with E-state index in [0.29, 0.717) is 38.8 Å². The molecule has 686 valence electrons. The zero-order valence-corrected chi connectivity index (χ0v) is 79.4. The molecule has 1 atom stereocenters. The highest BCUT2D eigenvalue weighted by Crippen LogP contribution is 2.34. The monoisotopic (exact) mass is 1630 g/mol. The minimum atomic E-state index is -0.541. The van der Waals surface area contributed by atoms with E-state index in [1.165, 1.54) is 238 Å². The van der Waals surface area contributed by atoms with Gasteiger partial charge >= 0.3 is 24.2 Å². The fraction of sp³-hybridized carbons (Fsp3) is 0.960. The molecule has 0 saturated heterocycles. The van der Waals surface area contributed by atoms with Gasteiger partial charge in [-0.05, 0) is 167 Å². The maximum atomic E-state index is 13.5. The molecule has 0 aliphatic heterocycles. The molecule has 15 nitrogen and oxygen atoms in total. The summed E-state index contributed by atoms with van der Waals surface area (Å²) in [6.07, 6.45) is 68.6. The molecule has 115 heavy (non-hydrogen) atoms. The fourth-order valence-corrected chi connectivity index (χ4v) is 16.0. The lowest BCUT2D eigenvalue weighted by Crippen LogP contribution is -2.37. The van der Waals surface area contributed by atoms with Crippen molar-refractivity contribution < 1.29 is 52.3 Å². The number of ether oxygens (including phenoxy) is 7. The third kappa shape index (κ3) is 77.1. The first kappa shape index (κ1) is 114. The van der Waals surface area contributed by atoms with Gasteiger partial charge in [-0.2, -0.15) is 0 Å². The van der Waals surface area contributed by atoms with Crippen LogP contribution in [0.15, 0.2) is 0 Å². The van der Waals surface area contributed by atoms with Gasteiger partial charge in [0.15, 0.2) is 0 Å². The van der Waals surface area contributed by atoms with Gasteiger partial charge in [-0.25, -0.2) is 9.59 Å². The minimum Gasteiger partial charge on any atom is -0.466 e. The number of nitrogens with zero attached hydrogens (tertiary/aromatic N) is 4. The van der Waals surface area contributed by atoms with Crippen LogP contribution in [0.25, 0.3) is 0 Å². The van der Waals surface area contributed by atoms with E-state index in [1.54, 1.807) is 0 Å². The molecule has 1 unspecified atom stereocenters. The van der Waals surface area contributed by atoms with E-state index >= 15 is 0 Å². The molecule has 0 heterocycles. The number of likely N-dealkylation sites (N-methyl/N-ethyl adjacent to an activating group) is 2. The molecule has 0 amide bonds. The Balaban J connectivity index is 0. The molecule has 0 spiro atoms. The number of carbonyl (C=O) groups is 4. The third-order valence-corrected chi connectivity index (χ3v) is 23.9. The molecule has 0 aromatic rings. The van der Waals surface area contributed by atoms with Crippen molar-refractivity contribution in [1.29, 1.82) is 0 Å². The number of esters is 2. The lowest BCUT2D eigenvalue weighted by Gasteiger charge is -2.34. The van der Waals surface area contributed by atoms with E-state index in [2.05, 4.69) is 110 Å². The lowest BCUT2D eigenvalue weighted by atomic mass is 9.85. The number of unbranched alkanes of at least 4 members (excludes halogenated alkanes) is 36. The van der Waals surface area contributed by atoms with Gasteiger partial charge in [0.25, 0.3) is 0 Å². The molecule has 0 aromatic heterocycles. The Morgan fingerprint density at radius 2 is 0.591 bits per heavy atom. The molecule has 0 rings (SSSR count). The van der Waals surface area contributed by atoms with E-state index in [-0.39, 0.29) is 24.0 Å². The summed E-state index contributed by atoms with van der Waals surface area (Å²) < 4.78 is 41.6.